The third-order valence-electron chi connectivity index (χ3n) is 4.60. The Balaban J connectivity index is 1.67. The summed E-state index contributed by atoms with van der Waals surface area (Å²) >= 11 is 0. The highest BCUT2D eigenvalue weighted by Crippen LogP contribution is 2.27. The lowest BCUT2D eigenvalue weighted by molar-refractivity contribution is 0.0600. The predicted molar refractivity (Wildman–Crippen MR) is 118 cm³/mol. The van der Waals surface area contributed by atoms with Gasteiger partial charge in [0.05, 0.1) is 35.9 Å². The molecule has 0 saturated heterocycles. The summed E-state index contributed by atoms with van der Waals surface area (Å²) in [5, 5.41) is 5.99. The number of rotatable bonds is 6. The summed E-state index contributed by atoms with van der Waals surface area (Å²) in [6, 6.07) is 15.6. The molecule has 0 aliphatic carbocycles. The summed E-state index contributed by atoms with van der Waals surface area (Å²) < 4.78 is 4.65. The fraction of sp³-hybridized carbons (Fsp3) is 0.174. The molecule has 2 aromatic carbocycles. The van der Waals surface area contributed by atoms with Crippen LogP contribution in [0.2, 0.25) is 0 Å². The van der Waals surface area contributed by atoms with Crippen molar-refractivity contribution in [2.45, 2.75) is 19.8 Å². The number of amides is 1. The molecule has 0 radical (unpaired) electrons. The molecule has 0 spiro atoms. The lowest BCUT2D eigenvalue weighted by Gasteiger charge is -2.13. The highest BCUT2D eigenvalue weighted by Gasteiger charge is 2.10. The van der Waals surface area contributed by atoms with Crippen LogP contribution >= 0.6 is 0 Å². The summed E-state index contributed by atoms with van der Waals surface area (Å²) in [4.78, 5) is 28.1. The van der Waals surface area contributed by atoms with Gasteiger partial charge in [-0.05, 0) is 60.0 Å². The number of esters is 1. The van der Waals surface area contributed by atoms with Gasteiger partial charge in [0.2, 0.25) is 0 Å². The monoisotopic (exact) mass is 404 g/mol. The number of nitrogens with zero attached hydrogens (tertiary/aromatic N) is 1. The smallest absolute Gasteiger partial charge is 0.337 e. The molecule has 4 N–H and O–H groups in total. The molecule has 0 atom stereocenters. The van der Waals surface area contributed by atoms with Crippen molar-refractivity contribution in [2.24, 2.45) is 0 Å². The van der Waals surface area contributed by atoms with E-state index in [0.29, 0.717) is 28.6 Å². The number of aromatic nitrogens is 1. The standard InChI is InChI=1S/C23H24N4O3/c1-14(2)17-8-10-19(24)20(12-17)26-18-9-11-21(25-13-18)27-22(28)15-4-6-16(7-5-15)23(29)30-3/h4-14,26H,24H2,1-3H3,(H,25,27,28). The van der Waals surface area contributed by atoms with E-state index in [1.807, 2.05) is 24.3 Å². The van der Waals surface area contributed by atoms with Crippen molar-refractivity contribution in [3.05, 3.63) is 77.5 Å². The fourth-order valence-electron chi connectivity index (χ4n) is 2.80. The predicted octanol–water partition coefficient (Wildman–Crippen LogP) is 4.57. The van der Waals surface area contributed by atoms with Crippen LogP contribution in [0, 0.1) is 0 Å². The van der Waals surface area contributed by atoms with Gasteiger partial charge >= 0.3 is 5.97 Å². The summed E-state index contributed by atoms with van der Waals surface area (Å²) in [6.07, 6.45) is 1.62. The second-order valence-corrected chi connectivity index (χ2v) is 7.08. The Labute approximate surface area is 175 Å². The number of anilines is 4. The average Bonchev–Trinajstić information content (AvgIpc) is 2.76. The van der Waals surface area contributed by atoms with E-state index in [1.54, 1.807) is 24.4 Å². The van der Waals surface area contributed by atoms with Crippen LogP contribution in [0.4, 0.5) is 22.9 Å². The molecule has 0 saturated carbocycles. The lowest BCUT2D eigenvalue weighted by Crippen LogP contribution is -2.13. The first-order chi connectivity index (χ1) is 14.4. The topological polar surface area (TPSA) is 106 Å². The van der Waals surface area contributed by atoms with E-state index in [-0.39, 0.29) is 5.91 Å². The molecule has 154 valence electrons. The zero-order chi connectivity index (χ0) is 21.7. The highest BCUT2D eigenvalue weighted by molar-refractivity contribution is 6.04. The van der Waals surface area contributed by atoms with Gasteiger partial charge in [0.1, 0.15) is 5.82 Å². The minimum atomic E-state index is -0.453. The van der Waals surface area contributed by atoms with E-state index in [0.717, 1.165) is 11.4 Å². The van der Waals surface area contributed by atoms with Crippen LogP contribution in [0.15, 0.2) is 60.8 Å². The van der Waals surface area contributed by atoms with Crippen LogP contribution in [0.3, 0.4) is 0 Å². The van der Waals surface area contributed by atoms with Gasteiger partial charge in [-0.3, -0.25) is 4.79 Å². The average molecular weight is 404 g/mol. The number of methoxy groups -OCH3 is 1. The number of pyridine rings is 1. The number of benzene rings is 2. The van der Waals surface area contributed by atoms with Gasteiger partial charge in [0.25, 0.3) is 5.91 Å². The summed E-state index contributed by atoms with van der Waals surface area (Å²) in [5.41, 5.74) is 10.2. The number of nitrogens with one attached hydrogen (secondary N) is 2. The lowest BCUT2D eigenvalue weighted by atomic mass is 10.0. The van der Waals surface area contributed by atoms with Gasteiger partial charge in [0, 0.05) is 5.56 Å². The van der Waals surface area contributed by atoms with Crippen LogP contribution in [-0.2, 0) is 4.74 Å². The Bertz CT molecular complexity index is 1050. The maximum absolute atomic E-state index is 12.4. The molecule has 7 heteroatoms. The van der Waals surface area contributed by atoms with E-state index in [1.165, 1.54) is 24.8 Å². The number of carbonyl (C=O) groups is 2. The Kier molecular flexibility index (Phi) is 6.32. The molecular weight excluding hydrogens is 380 g/mol. The first-order valence-corrected chi connectivity index (χ1v) is 9.49. The van der Waals surface area contributed by atoms with Crippen LogP contribution in [0.25, 0.3) is 0 Å². The maximum atomic E-state index is 12.4. The third-order valence-corrected chi connectivity index (χ3v) is 4.60. The molecule has 30 heavy (non-hydrogen) atoms. The van der Waals surface area contributed by atoms with Gasteiger partial charge in [-0.1, -0.05) is 19.9 Å². The number of hydrogen-bond donors (Lipinski definition) is 3. The second kappa shape index (κ2) is 9.09. The summed E-state index contributed by atoms with van der Waals surface area (Å²) in [6.45, 7) is 4.24. The van der Waals surface area contributed by atoms with Crippen LogP contribution in [0.5, 0.6) is 0 Å². The minimum absolute atomic E-state index is 0.325. The second-order valence-electron chi connectivity index (χ2n) is 7.08. The Morgan fingerprint density at radius 2 is 1.70 bits per heavy atom. The van der Waals surface area contributed by atoms with Crippen molar-refractivity contribution in [3.63, 3.8) is 0 Å². The Morgan fingerprint density at radius 1 is 1.00 bits per heavy atom. The molecule has 0 aliphatic rings. The molecule has 3 rings (SSSR count). The number of nitrogen functional groups attached to an aromatic ring is 1. The van der Waals surface area contributed by atoms with Crippen LogP contribution in [0.1, 0.15) is 46.0 Å². The van der Waals surface area contributed by atoms with E-state index < -0.39 is 5.97 Å². The molecule has 0 unspecified atom stereocenters. The SMILES string of the molecule is COC(=O)c1ccc(C(=O)Nc2ccc(Nc3cc(C(C)C)ccc3N)cn2)cc1. The molecule has 0 aliphatic heterocycles. The molecule has 7 nitrogen and oxygen atoms in total. The van der Waals surface area contributed by atoms with Crippen molar-refractivity contribution in [1.82, 2.24) is 4.98 Å². The van der Waals surface area contributed by atoms with E-state index in [2.05, 4.69) is 34.2 Å². The van der Waals surface area contributed by atoms with Gasteiger partial charge in [-0.15, -0.1) is 0 Å². The normalized spacial score (nSPS) is 10.5. The zero-order valence-corrected chi connectivity index (χ0v) is 17.1. The van der Waals surface area contributed by atoms with Crippen molar-refractivity contribution in [1.29, 1.82) is 0 Å². The first-order valence-electron chi connectivity index (χ1n) is 9.49. The third kappa shape index (κ3) is 4.94. The fourth-order valence-corrected chi connectivity index (χ4v) is 2.80. The van der Waals surface area contributed by atoms with E-state index in [4.69, 9.17) is 5.73 Å². The molecule has 3 aromatic rings. The van der Waals surface area contributed by atoms with Crippen LogP contribution in [-0.4, -0.2) is 24.0 Å². The number of ether oxygens (including phenoxy) is 1. The number of nitrogens with two attached hydrogens (primary N) is 1. The van der Waals surface area contributed by atoms with Gasteiger partial charge in [-0.25, -0.2) is 9.78 Å². The van der Waals surface area contributed by atoms with Crippen molar-refractivity contribution in [3.8, 4) is 0 Å². The van der Waals surface area contributed by atoms with E-state index in [9.17, 15) is 9.59 Å². The minimum Gasteiger partial charge on any atom is -0.465 e. The molecule has 0 fully saturated rings. The highest BCUT2D eigenvalue weighted by atomic mass is 16.5. The number of hydrogen-bond acceptors (Lipinski definition) is 6. The molecule has 1 heterocycles. The molecule has 1 amide bonds. The first kappa shape index (κ1) is 20.9. The Hall–Kier alpha value is -3.87. The zero-order valence-electron chi connectivity index (χ0n) is 17.1. The summed E-state index contributed by atoms with van der Waals surface area (Å²) in [7, 11) is 1.31. The van der Waals surface area contributed by atoms with Crippen LogP contribution < -0.4 is 16.4 Å². The number of carbonyl (C=O) groups excluding carboxylic acids is 2. The maximum Gasteiger partial charge on any atom is 0.337 e. The van der Waals surface area contributed by atoms with E-state index >= 15 is 0 Å². The van der Waals surface area contributed by atoms with Crippen molar-refractivity contribution < 1.29 is 14.3 Å². The van der Waals surface area contributed by atoms with Gasteiger partial charge < -0.3 is 21.1 Å². The Morgan fingerprint density at radius 3 is 2.30 bits per heavy atom. The molecule has 1 aromatic heterocycles. The van der Waals surface area contributed by atoms with Gasteiger partial charge in [-0.2, -0.15) is 0 Å². The molecule has 0 bridgehead atoms. The van der Waals surface area contributed by atoms with Gasteiger partial charge in [0.15, 0.2) is 0 Å². The van der Waals surface area contributed by atoms with Crippen molar-refractivity contribution >= 4 is 34.8 Å². The quantitative estimate of drug-likeness (QED) is 0.410. The van der Waals surface area contributed by atoms with Crippen molar-refractivity contribution in [2.75, 3.05) is 23.5 Å². The summed E-state index contributed by atoms with van der Waals surface area (Å²) in [5.74, 6) is 0.0230. The largest absolute Gasteiger partial charge is 0.465 e. The molecular formula is C23H24N4O3.